The molecule has 7 nitrogen and oxygen atoms in total. The fourth-order valence-electron chi connectivity index (χ4n) is 2.65. The summed E-state index contributed by atoms with van der Waals surface area (Å²) in [5.74, 6) is 2.24. The number of carbonyl (C=O) groups is 1. The SMILES string of the molecule is COc1ccc(CNC(=O)CSc2nnc(-c3ccccc3)n2C)cc1OC. The second kappa shape index (κ2) is 9.27. The molecular formula is C20H22N4O3S. The summed E-state index contributed by atoms with van der Waals surface area (Å²) in [7, 11) is 5.07. The number of nitrogens with zero attached hydrogens (tertiary/aromatic N) is 3. The van der Waals surface area contributed by atoms with Gasteiger partial charge in [0.05, 0.1) is 20.0 Å². The molecule has 2 aromatic carbocycles. The Morgan fingerprint density at radius 2 is 1.82 bits per heavy atom. The highest BCUT2D eigenvalue weighted by Crippen LogP contribution is 2.27. The van der Waals surface area contributed by atoms with Gasteiger partial charge in [-0.25, -0.2) is 0 Å². The number of benzene rings is 2. The maximum absolute atomic E-state index is 12.2. The zero-order valence-electron chi connectivity index (χ0n) is 16.0. The van der Waals surface area contributed by atoms with Crippen molar-refractivity contribution in [3.05, 3.63) is 54.1 Å². The predicted molar refractivity (Wildman–Crippen MR) is 109 cm³/mol. The average molecular weight is 398 g/mol. The Kier molecular flexibility index (Phi) is 6.54. The fourth-order valence-corrected chi connectivity index (χ4v) is 3.39. The number of rotatable bonds is 8. The summed E-state index contributed by atoms with van der Waals surface area (Å²) in [5.41, 5.74) is 1.92. The number of hydrogen-bond donors (Lipinski definition) is 1. The second-order valence-corrected chi connectivity index (χ2v) is 6.93. The van der Waals surface area contributed by atoms with E-state index in [1.54, 1.807) is 14.2 Å². The van der Waals surface area contributed by atoms with E-state index < -0.39 is 0 Å². The van der Waals surface area contributed by atoms with Crippen LogP contribution in [0.1, 0.15) is 5.56 Å². The van der Waals surface area contributed by atoms with Crippen LogP contribution < -0.4 is 14.8 Å². The zero-order valence-corrected chi connectivity index (χ0v) is 16.8. The predicted octanol–water partition coefficient (Wildman–Crippen LogP) is 2.91. The summed E-state index contributed by atoms with van der Waals surface area (Å²) >= 11 is 1.35. The van der Waals surface area contributed by atoms with Crippen LogP contribution in [0.15, 0.2) is 53.7 Å². The Balaban J connectivity index is 1.55. The van der Waals surface area contributed by atoms with Crippen molar-refractivity contribution >= 4 is 17.7 Å². The molecule has 0 saturated carbocycles. The van der Waals surface area contributed by atoms with Crippen LogP contribution in [0.3, 0.4) is 0 Å². The second-order valence-electron chi connectivity index (χ2n) is 5.99. The van der Waals surface area contributed by atoms with E-state index in [4.69, 9.17) is 9.47 Å². The third kappa shape index (κ3) is 4.64. The van der Waals surface area contributed by atoms with Gasteiger partial charge >= 0.3 is 0 Å². The normalized spacial score (nSPS) is 10.5. The van der Waals surface area contributed by atoms with Crippen LogP contribution in [0.5, 0.6) is 11.5 Å². The summed E-state index contributed by atoms with van der Waals surface area (Å²) < 4.78 is 12.4. The van der Waals surface area contributed by atoms with Crippen LogP contribution in [0.2, 0.25) is 0 Å². The van der Waals surface area contributed by atoms with Gasteiger partial charge in [-0.1, -0.05) is 48.2 Å². The molecule has 1 N–H and O–H groups in total. The molecule has 0 aliphatic rings. The molecule has 0 aliphatic heterocycles. The minimum Gasteiger partial charge on any atom is -0.493 e. The molecule has 146 valence electrons. The standard InChI is InChI=1S/C20H22N4O3S/c1-24-19(15-7-5-4-6-8-15)22-23-20(24)28-13-18(25)21-12-14-9-10-16(26-2)17(11-14)27-3/h4-11H,12-13H2,1-3H3,(H,21,25). The number of ether oxygens (including phenoxy) is 2. The Morgan fingerprint density at radius 1 is 1.07 bits per heavy atom. The molecule has 8 heteroatoms. The van der Waals surface area contributed by atoms with Crippen molar-refractivity contribution in [3.8, 4) is 22.9 Å². The molecule has 0 saturated heterocycles. The summed E-state index contributed by atoms with van der Waals surface area (Å²) in [6.45, 7) is 0.411. The molecule has 0 atom stereocenters. The molecule has 3 rings (SSSR count). The largest absolute Gasteiger partial charge is 0.493 e. The van der Waals surface area contributed by atoms with Gasteiger partial charge in [0.2, 0.25) is 5.91 Å². The van der Waals surface area contributed by atoms with Gasteiger partial charge in [0, 0.05) is 19.2 Å². The molecule has 0 radical (unpaired) electrons. The van der Waals surface area contributed by atoms with Gasteiger partial charge in [-0.15, -0.1) is 10.2 Å². The summed E-state index contributed by atoms with van der Waals surface area (Å²) in [6.07, 6.45) is 0. The van der Waals surface area contributed by atoms with Gasteiger partial charge in [-0.2, -0.15) is 0 Å². The zero-order chi connectivity index (χ0) is 19.9. The first-order chi connectivity index (χ1) is 13.6. The summed E-state index contributed by atoms with van der Waals surface area (Å²) in [4.78, 5) is 12.2. The van der Waals surface area contributed by atoms with E-state index in [1.165, 1.54) is 11.8 Å². The summed E-state index contributed by atoms with van der Waals surface area (Å²) in [5, 5.41) is 12.0. The van der Waals surface area contributed by atoms with E-state index in [2.05, 4.69) is 15.5 Å². The number of methoxy groups -OCH3 is 2. The lowest BCUT2D eigenvalue weighted by molar-refractivity contribution is -0.118. The molecule has 28 heavy (non-hydrogen) atoms. The molecule has 0 unspecified atom stereocenters. The maximum Gasteiger partial charge on any atom is 0.230 e. The molecule has 0 bridgehead atoms. The van der Waals surface area contributed by atoms with E-state index >= 15 is 0 Å². The quantitative estimate of drug-likeness (QED) is 0.588. The molecule has 1 amide bonds. The maximum atomic E-state index is 12.2. The Bertz CT molecular complexity index is 944. The topological polar surface area (TPSA) is 78.3 Å². The molecule has 1 aromatic heterocycles. The van der Waals surface area contributed by atoms with Crippen LogP contribution in [0.25, 0.3) is 11.4 Å². The van der Waals surface area contributed by atoms with Gasteiger partial charge in [-0.05, 0) is 17.7 Å². The Labute approximate surface area is 168 Å². The van der Waals surface area contributed by atoms with Crippen molar-refractivity contribution < 1.29 is 14.3 Å². The van der Waals surface area contributed by atoms with Crippen molar-refractivity contribution in [2.24, 2.45) is 7.05 Å². The van der Waals surface area contributed by atoms with Gasteiger partial charge in [-0.3, -0.25) is 4.79 Å². The van der Waals surface area contributed by atoms with Crippen molar-refractivity contribution in [2.75, 3.05) is 20.0 Å². The van der Waals surface area contributed by atoms with Crippen molar-refractivity contribution in [3.63, 3.8) is 0 Å². The van der Waals surface area contributed by atoms with Gasteiger partial charge < -0.3 is 19.4 Å². The lowest BCUT2D eigenvalue weighted by atomic mass is 10.2. The molecule has 3 aromatic rings. The van der Waals surface area contributed by atoms with Gasteiger partial charge in [0.1, 0.15) is 0 Å². The lowest BCUT2D eigenvalue weighted by Gasteiger charge is -2.10. The first-order valence-corrected chi connectivity index (χ1v) is 9.66. The van der Waals surface area contributed by atoms with Crippen molar-refractivity contribution in [1.29, 1.82) is 0 Å². The number of thioether (sulfide) groups is 1. The van der Waals surface area contributed by atoms with E-state index in [0.29, 0.717) is 23.2 Å². The Morgan fingerprint density at radius 3 is 2.54 bits per heavy atom. The highest BCUT2D eigenvalue weighted by atomic mass is 32.2. The van der Waals surface area contributed by atoms with Gasteiger partial charge in [0.25, 0.3) is 0 Å². The number of aromatic nitrogens is 3. The fraction of sp³-hybridized carbons (Fsp3) is 0.250. The first kappa shape index (κ1) is 19.8. The third-order valence-electron chi connectivity index (χ3n) is 4.14. The molecular weight excluding hydrogens is 376 g/mol. The van der Waals surface area contributed by atoms with Crippen molar-refractivity contribution in [1.82, 2.24) is 20.1 Å². The van der Waals surface area contributed by atoms with Gasteiger partial charge in [0.15, 0.2) is 22.5 Å². The van der Waals surface area contributed by atoms with Crippen molar-refractivity contribution in [2.45, 2.75) is 11.7 Å². The van der Waals surface area contributed by atoms with Crippen LogP contribution >= 0.6 is 11.8 Å². The summed E-state index contributed by atoms with van der Waals surface area (Å²) in [6, 6.07) is 15.4. The number of carbonyl (C=O) groups excluding carboxylic acids is 1. The van der Waals surface area contributed by atoms with E-state index in [1.807, 2.05) is 60.1 Å². The number of nitrogens with one attached hydrogen (secondary N) is 1. The molecule has 0 fully saturated rings. The number of hydrogen-bond acceptors (Lipinski definition) is 6. The minimum absolute atomic E-state index is 0.0796. The average Bonchev–Trinajstić information content (AvgIpc) is 3.11. The molecule has 0 aliphatic carbocycles. The van der Waals surface area contributed by atoms with Crippen LogP contribution in [0.4, 0.5) is 0 Å². The lowest BCUT2D eigenvalue weighted by Crippen LogP contribution is -2.24. The molecule has 0 spiro atoms. The highest BCUT2D eigenvalue weighted by molar-refractivity contribution is 7.99. The van der Waals surface area contributed by atoms with Crippen LogP contribution in [0, 0.1) is 0 Å². The third-order valence-corrected chi connectivity index (χ3v) is 5.16. The highest BCUT2D eigenvalue weighted by Gasteiger charge is 2.13. The monoisotopic (exact) mass is 398 g/mol. The van der Waals surface area contributed by atoms with E-state index in [-0.39, 0.29) is 11.7 Å². The van der Waals surface area contributed by atoms with Crippen LogP contribution in [-0.2, 0) is 18.4 Å². The first-order valence-electron chi connectivity index (χ1n) is 8.67. The Hall–Kier alpha value is -3.00. The smallest absolute Gasteiger partial charge is 0.230 e. The molecule has 1 heterocycles. The minimum atomic E-state index is -0.0796. The van der Waals surface area contributed by atoms with E-state index in [0.717, 1.165) is 17.0 Å². The van der Waals surface area contributed by atoms with E-state index in [9.17, 15) is 4.79 Å². The number of amides is 1. The van der Waals surface area contributed by atoms with Crippen LogP contribution in [-0.4, -0.2) is 40.6 Å².